The normalized spacial score (nSPS) is 11.8. The van der Waals surface area contributed by atoms with Gasteiger partial charge in [-0.2, -0.15) is 0 Å². The maximum absolute atomic E-state index is 13.7. The maximum atomic E-state index is 13.7. The number of hydrogen-bond acceptors (Lipinski definition) is 3. The lowest BCUT2D eigenvalue weighted by Gasteiger charge is -2.32. The molecule has 3 aromatic carbocycles. The van der Waals surface area contributed by atoms with E-state index in [1.807, 2.05) is 83.1 Å². The Kier molecular flexibility index (Phi) is 10.2. The Morgan fingerprint density at radius 3 is 2.27 bits per heavy atom. The van der Waals surface area contributed by atoms with E-state index in [2.05, 4.69) is 11.4 Å². The Morgan fingerprint density at radius 1 is 0.946 bits per heavy atom. The lowest BCUT2D eigenvalue weighted by atomic mass is 10.0. The first-order valence-electron chi connectivity index (χ1n) is 12.7. The summed E-state index contributed by atoms with van der Waals surface area (Å²) < 4.78 is 6.03. The first kappa shape index (κ1) is 28.3. The number of halogens is 1. The fourth-order valence-corrected chi connectivity index (χ4v) is 4.26. The molecule has 0 aliphatic carbocycles. The van der Waals surface area contributed by atoms with Gasteiger partial charge >= 0.3 is 0 Å². The summed E-state index contributed by atoms with van der Waals surface area (Å²) in [6, 6.07) is 20.4. The molecule has 0 spiro atoms. The second-order valence-electron chi connectivity index (χ2n) is 9.99. The highest BCUT2D eigenvalue weighted by Gasteiger charge is 2.31. The minimum absolute atomic E-state index is 0.167. The van der Waals surface area contributed by atoms with Crippen molar-refractivity contribution in [3.8, 4) is 5.75 Å². The van der Waals surface area contributed by atoms with Gasteiger partial charge in [0.05, 0.1) is 0 Å². The molecule has 0 aromatic heterocycles. The summed E-state index contributed by atoms with van der Waals surface area (Å²) in [7, 11) is 0. The molecule has 0 saturated heterocycles. The lowest BCUT2D eigenvalue weighted by Crippen LogP contribution is -2.52. The molecule has 0 unspecified atom stereocenters. The number of nitrogens with one attached hydrogen (secondary N) is 1. The highest BCUT2D eigenvalue weighted by Crippen LogP contribution is 2.24. The van der Waals surface area contributed by atoms with Crippen LogP contribution in [-0.2, 0) is 22.6 Å². The van der Waals surface area contributed by atoms with Crippen molar-refractivity contribution in [2.75, 3.05) is 13.2 Å². The summed E-state index contributed by atoms with van der Waals surface area (Å²) in [6.07, 6.45) is 0.396. The van der Waals surface area contributed by atoms with Crippen molar-refractivity contribution < 1.29 is 14.3 Å². The molecule has 0 saturated carbocycles. The van der Waals surface area contributed by atoms with Crippen molar-refractivity contribution in [2.24, 2.45) is 5.92 Å². The molecule has 2 amide bonds. The van der Waals surface area contributed by atoms with E-state index < -0.39 is 6.04 Å². The Hall–Kier alpha value is -3.31. The van der Waals surface area contributed by atoms with Crippen LogP contribution < -0.4 is 10.1 Å². The molecule has 3 aromatic rings. The summed E-state index contributed by atoms with van der Waals surface area (Å²) in [5.41, 5.74) is 5.04. The highest BCUT2D eigenvalue weighted by molar-refractivity contribution is 6.30. The molecule has 1 N–H and O–H groups in total. The smallest absolute Gasteiger partial charge is 0.261 e. The van der Waals surface area contributed by atoms with Gasteiger partial charge in [0.15, 0.2) is 6.61 Å². The number of ether oxygens (including phenoxy) is 1. The van der Waals surface area contributed by atoms with Crippen LogP contribution in [0, 0.1) is 26.7 Å². The van der Waals surface area contributed by atoms with Crippen molar-refractivity contribution in [2.45, 2.75) is 53.6 Å². The fraction of sp³-hybridized carbons (Fsp3) is 0.355. The molecule has 0 aliphatic heterocycles. The number of carbonyl (C=O) groups is 2. The molecule has 0 aliphatic rings. The quantitative estimate of drug-likeness (QED) is 0.334. The van der Waals surface area contributed by atoms with Crippen LogP contribution in [0.2, 0.25) is 5.02 Å². The number of nitrogens with zero attached hydrogens (tertiary/aromatic N) is 1. The van der Waals surface area contributed by atoms with E-state index >= 15 is 0 Å². The van der Waals surface area contributed by atoms with Crippen molar-refractivity contribution in [1.29, 1.82) is 0 Å². The molecule has 196 valence electrons. The van der Waals surface area contributed by atoms with E-state index in [4.69, 9.17) is 16.3 Å². The van der Waals surface area contributed by atoms with Crippen LogP contribution in [0.1, 0.15) is 41.7 Å². The minimum atomic E-state index is -0.701. The van der Waals surface area contributed by atoms with Crippen LogP contribution in [0.4, 0.5) is 0 Å². The third-order valence-electron chi connectivity index (χ3n) is 6.34. The molecular formula is C31H37ClN2O3. The first-order valence-corrected chi connectivity index (χ1v) is 13.1. The zero-order valence-electron chi connectivity index (χ0n) is 22.4. The largest absolute Gasteiger partial charge is 0.483 e. The van der Waals surface area contributed by atoms with Crippen LogP contribution >= 0.6 is 11.6 Å². The monoisotopic (exact) mass is 520 g/mol. The van der Waals surface area contributed by atoms with E-state index in [1.165, 1.54) is 0 Å². The molecule has 0 heterocycles. The van der Waals surface area contributed by atoms with Crippen LogP contribution in [0.25, 0.3) is 0 Å². The standard InChI is InChI=1S/C31H37ClN2O3/c1-21(2)18-33-31(36)28(17-25-9-7-6-8-10-25)34(19-26-11-13-27(32)14-12-26)30(35)20-37-29-16-22(3)15-23(4)24(29)5/h6-16,21,28H,17-20H2,1-5H3,(H,33,36)/t28-/m0/s1. The predicted molar refractivity (Wildman–Crippen MR) is 150 cm³/mol. The number of carbonyl (C=O) groups excluding carboxylic acids is 2. The Bertz CT molecular complexity index is 1190. The van der Waals surface area contributed by atoms with Gasteiger partial charge in [-0.25, -0.2) is 0 Å². The summed E-state index contributed by atoms with van der Waals surface area (Å²) >= 11 is 6.10. The van der Waals surface area contributed by atoms with Gasteiger partial charge < -0.3 is 15.0 Å². The average molecular weight is 521 g/mol. The van der Waals surface area contributed by atoms with E-state index in [0.29, 0.717) is 23.7 Å². The minimum Gasteiger partial charge on any atom is -0.483 e. The third-order valence-corrected chi connectivity index (χ3v) is 6.59. The van der Waals surface area contributed by atoms with Crippen LogP contribution in [-0.4, -0.2) is 35.9 Å². The summed E-state index contributed by atoms with van der Waals surface area (Å²) in [5, 5.41) is 3.65. The van der Waals surface area contributed by atoms with Gasteiger partial charge in [-0.05, 0) is 72.7 Å². The SMILES string of the molecule is Cc1cc(C)c(C)c(OCC(=O)N(Cc2ccc(Cl)cc2)[C@@H](Cc2ccccc2)C(=O)NCC(C)C)c1. The topological polar surface area (TPSA) is 58.6 Å². The van der Waals surface area contributed by atoms with Gasteiger partial charge in [0.2, 0.25) is 5.91 Å². The second kappa shape index (κ2) is 13.3. The van der Waals surface area contributed by atoms with Crippen molar-refractivity contribution >= 4 is 23.4 Å². The summed E-state index contributed by atoms with van der Waals surface area (Å²) in [5.74, 6) is 0.537. The Labute approximate surface area is 225 Å². The van der Waals surface area contributed by atoms with Crippen LogP contribution in [0.5, 0.6) is 5.75 Å². The number of aryl methyl sites for hydroxylation is 2. The molecule has 0 bridgehead atoms. The van der Waals surface area contributed by atoms with Crippen LogP contribution in [0.3, 0.4) is 0 Å². The molecule has 1 atom stereocenters. The molecule has 37 heavy (non-hydrogen) atoms. The molecule has 3 rings (SSSR count). The van der Waals surface area contributed by atoms with Gasteiger partial charge in [0.25, 0.3) is 5.91 Å². The lowest BCUT2D eigenvalue weighted by molar-refractivity contribution is -0.142. The fourth-order valence-electron chi connectivity index (χ4n) is 4.14. The van der Waals surface area contributed by atoms with Gasteiger partial charge in [-0.15, -0.1) is 0 Å². The van der Waals surface area contributed by atoms with E-state index in [0.717, 1.165) is 27.8 Å². The zero-order chi connectivity index (χ0) is 26.9. The Morgan fingerprint density at radius 2 is 1.62 bits per heavy atom. The van der Waals surface area contributed by atoms with Crippen LogP contribution in [0.15, 0.2) is 66.7 Å². The van der Waals surface area contributed by atoms with E-state index in [1.54, 1.807) is 17.0 Å². The van der Waals surface area contributed by atoms with Gasteiger partial charge in [-0.1, -0.05) is 74.0 Å². The molecule has 0 radical (unpaired) electrons. The molecule has 0 fully saturated rings. The number of amides is 2. The van der Waals surface area contributed by atoms with Gasteiger partial charge in [0, 0.05) is 24.5 Å². The van der Waals surface area contributed by atoms with Gasteiger partial charge in [-0.3, -0.25) is 9.59 Å². The predicted octanol–water partition coefficient (Wildman–Crippen LogP) is 6.06. The number of rotatable bonds is 11. The van der Waals surface area contributed by atoms with E-state index in [-0.39, 0.29) is 30.9 Å². The highest BCUT2D eigenvalue weighted by atomic mass is 35.5. The van der Waals surface area contributed by atoms with Crippen molar-refractivity contribution in [3.63, 3.8) is 0 Å². The molecule has 6 heteroatoms. The Balaban J connectivity index is 1.92. The third kappa shape index (κ3) is 8.36. The van der Waals surface area contributed by atoms with Crippen molar-refractivity contribution in [3.05, 3.63) is 99.6 Å². The van der Waals surface area contributed by atoms with Gasteiger partial charge in [0.1, 0.15) is 11.8 Å². The number of hydrogen-bond donors (Lipinski definition) is 1. The maximum Gasteiger partial charge on any atom is 0.261 e. The molecular weight excluding hydrogens is 484 g/mol. The van der Waals surface area contributed by atoms with E-state index in [9.17, 15) is 9.59 Å². The zero-order valence-corrected chi connectivity index (χ0v) is 23.1. The molecule has 5 nitrogen and oxygen atoms in total. The van der Waals surface area contributed by atoms with Crippen molar-refractivity contribution in [1.82, 2.24) is 10.2 Å². The summed E-state index contributed by atoms with van der Waals surface area (Å²) in [6.45, 7) is 10.7. The first-order chi connectivity index (χ1) is 17.6. The average Bonchev–Trinajstić information content (AvgIpc) is 2.87. The summed E-state index contributed by atoms with van der Waals surface area (Å²) in [4.78, 5) is 28.9. The second-order valence-corrected chi connectivity index (χ2v) is 10.4. The number of benzene rings is 3.